The van der Waals surface area contributed by atoms with Gasteiger partial charge in [-0.15, -0.1) is 0 Å². The van der Waals surface area contributed by atoms with E-state index in [0.29, 0.717) is 12.3 Å². The Labute approximate surface area is 162 Å². The van der Waals surface area contributed by atoms with Gasteiger partial charge in [0.15, 0.2) is 0 Å². The summed E-state index contributed by atoms with van der Waals surface area (Å²) in [5.41, 5.74) is 4.66. The van der Waals surface area contributed by atoms with Crippen molar-refractivity contribution in [3.05, 3.63) is 94.8 Å². The Morgan fingerprint density at radius 2 is 1.82 bits per heavy atom. The molecule has 2 aromatic heterocycles. The number of hydrogen-bond donors (Lipinski definition) is 2. The number of para-hydroxylation sites is 1. The standard InChI is InChI=1S/C23H21FN2O2/c24-16-7-5-15(6-8-16)23-22-20(19-3-1-2-4-21(19)25-22)11-12-26(23)13-17-9-10-18(14-27)28-17/h1-10,23,25,27H,11-14H2. The molecule has 0 aliphatic carbocycles. The summed E-state index contributed by atoms with van der Waals surface area (Å²) in [5.74, 6) is 1.15. The summed E-state index contributed by atoms with van der Waals surface area (Å²) in [6.45, 7) is 1.39. The van der Waals surface area contributed by atoms with Gasteiger partial charge in [0.1, 0.15) is 23.9 Å². The monoisotopic (exact) mass is 376 g/mol. The summed E-state index contributed by atoms with van der Waals surface area (Å²) in [5, 5.41) is 10.5. The largest absolute Gasteiger partial charge is 0.462 e. The van der Waals surface area contributed by atoms with E-state index >= 15 is 0 Å². The molecule has 1 atom stereocenters. The SMILES string of the molecule is OCc1ccc(CN2CCc3c([nH]c4ccccc34)C2c2ccc(F)cc2)o1. The van der Waals surface area contributed by atoms with Gasteiger partial charge < -0.3 is 14.5 Å². The lowest BCUT2D eigenvalue weighted by molar-refractivity contribution is 0.179. The molecule has 0 saturated heterocycles. The van der Waals surface area contributed by atoms with Crippen molar-refractivity contribution in [2.24, 2.45) is 0 Å². The Morgan fingerprint density at radius 3 is 2.61 bits per heavy atom. The van der Waals surface area contributed by atoms with Crippen LogP contribution in [0.5, 0.6) is 0 Å². The minimum absolute atomic E-state index is 0.0144. The number of nitrogens with zero attached hydrogens (tertiary/aromatic N) is 1. The maximum atomic E-state index is 13.5. The van der Waals surface area contributed by atoms with E-state index in [9.17, 15) is 9.50 Å². The van der Waals surface area contributed by atoms with Gasteiger partial charge in [0.2, 0.25) is 0 Å². The average molecular weight is 376 g/mol. The molecule has 2 N–H and O–H groups in total. The predicted molar refractivity (Wildman–Crippen MR) is 105 cm³/mol. The third kappa shape index (κ3) is 2.93. The van der Waals surface area contributed by atoms with Crippen molar-refractivity contribution in [1.29, 1.82) is 0 Å². The zero-order chi connectivity index (χ0) is 19.1. The maximum Gasteiger partial charge on any atom is 0.129 e. The molecular formula is C23H21FN2O2. The van der Waals surface area contributed by atoms with Crippen LogP contribution >= 0.6 is 0 Å². The summed E-state index contributed by atoms with van der Waals surface area (Å²) in [6.07, 6.45) is 0.935. The summed E-state index contributed by atoms with van der Waals surface area (Å²) in [7, 11) is 0. The number of hydrogen-bond acceptors (Lipinski definition) is 3. The van der Waals surface area contributed by atoms with Crippen molar-refractivity contribution in [2.75, 3.05) is 6.54 Å². The second kappa shape index (κ2) is 6.93. The topological polar surface area (TPSA) is 52.4 Å². The van der Waals surface area contributed by atoms with E-state index in [0.717, 1.165) is 35.5 Å². The molecule has 2 aromatic carbocycles. The molecule has 0 bridgehead atoms. The van der Waals surface area contributed by atoms with Gasteiger partial charge in [-0.2, -0.15) is 0 Å². The maximum absolute atomic E-state index is 13.5. The van der Waals surface area contributed by atoms with Crippen LogP contribution in [0.15, 0.2) is 65.1 Å². The quantitative estimate of drug-likeness (QED) is 0.550. The summed E-state index contributed by atoms with van der Waals surface area (Å²) >= 11 is 0. The molecule has 3 heterocycles. The highest BCUT2D eigenvalue weighted by molar-refractivity contribution is 5.85. The van der Waals surface area contributed by atoms with Crippen LogP contribution in [0.1, 0.15) is 34.4 Å². The number of rotatable bonds is 4. The van der Waals surface area contributed by atoms with Gasteiger partial charge in [0.05, 0.1) is 12.6 Å². The number of benzene rings is 2. The Bertz CT molecular complexity index is 1110. The summed E-state index contributed by atoms with van der Waals surface area (Å²) in [6, 6.07) is 18.8. The Balaban J connectivity index is 1.59. The van der Waals surface area contributed by atoms with Gasteiger partial charge in [-0.05, 0) is 47.9 Å². The van der Waals surface area contributed by atoms with Crippen LogP contribution in [-0.2, 0) is 19.6 Å². The fourth-order valence-corrected chi connectivity index (χ4v) is 4.28. The molecule has 142 valence electrons. The molecule has 4 nitrogen and oxygen atoms in total. The van der Waals surface area contributed by atoms with Crippen LogP contribution < -0.4 is 0 Å². The molecule has 5 rings (SSSR count). The first kappa shape index (κ1) is 17.2. The molecule has 5 heteroatoms. The van der Waals surface area contributed by atoms with Gasteiger partial charge in [0, 0.05) is 23.1 Å². The van der Waals surface area contributed by atoms with E-state index in [1.807, 2.05) is 24.3 Å². The van der Waals surface area contributed by atoms with Crippen LogP contribution in [0.3, 0.4) is 0 Å². The third-order valence-electron chi connectivity index (χ3n) is 5.55. The average Bonchev–Trinajstić information content (AvgIpc) is 3.33. The first-order valence-corrected chi connectivity index (χ1v) is 9.50. The van der Waals surface area contributed by atoms with Crippen LogP contribution in [0.4, 0.5) is 4.39 Å². The van der Waals surface area contributed by atoms with E-state index in [-0.39, 0.29) is 18.5 Å². The molecular weight excluding hydrogens is 355 g/mol. The molecule has 4 aromatic rings. The first-order valence-electron chi connectivity index (χ1n) is 9.50. The number of aliphatic hydroxyl groups is 1. The number of aromatic nitrogens is 1. The first-order chi connectivity index (χ1) is 13.7. The van der Waals surface area contributed by atoms with Crippen LogP contribution in [0.25, 0.3) is 10.9 Å². The highest BCUT2D eigenvalue weighted by Crippen LogP contribution is 2.39. The fourth-order valence-electron chi connectivity index (χ4n) is 4.28. The van der Waals surface area contributed by atoms with Crippen molar-refractivity contribution in [3.8, 4) is 0 Å². The number of halogens is 1. The van der Waals surface area contributed by atoms with Crippen molar-refractivity contribution in [2.45, 2.75) is 25.6 Å². The van der Waals surface area contributed by atoms with Crippen LogP contribution in [-0.4, -0.2) is 21.5 Å². The van der Waals surface area contributed by atoms with Crippen molar-refractivity contribution in [3.63, 3.8) is 0 Å². The van der Waals surface area contributed by atoms with Crippen LogP contribution in [0, 0.1) is 5.82 Å². The molecule has 0 saturated carbocycles. The normalized spacial score (nSPS) is 17.1. The highest BCUT2D eigenvalue weighted by atomic mass is 19.1. The van der Waals surface area contributed by atoms with E-state index in [4.69, 9.17) is 4.42 Å². The predicted octanol–water partition coefficient (Wildman–Crippen LogP) is 4.54. The molecule has 1 aliphatic rings. The molecule has 0 spiro atoms. The summed E-state index contributed by atoms with van der Waals surface area (Å²) in [4.78, 5) is 5.94. The third-order valence-corrected chi connectivity index (χ3v) is 5.55. The van der Waals surface area contributed by atoms with Gasteiger partial charge >= 0.3 is 0 Å². The second-order valence-corrected chi connectivity index (χ2v) is 7.26. The van der Waals surface area contributed by atoms with E-state index in [1.165, 1.54) is 23.1 Å². The molecule has 0 fully saturated rings. The molecule has 28 heavy (non-hydrogen) atoms. The number of aliphatic hydroxyl groups excluding tert-OH is 1. The van der Waals surface area contributed by atoms with Crippen molar-refractivity contribution < 1.29 is 13.9 Å². The lowest BCUT2D eigenvalue weighted by atomic mass is 9.92. The number of fused-ring (bicyclic) bond motifs is 3. The smallest absolute Gasteiger partial charge is 0.129 e. The van der Waals surface area contributed by atoms with E-state index in [1.54, 1.807) is 6.07 Å². The molecule has 1 unspecified atom stereocenters. The molecule has 0 radical (unpaired) electrons. The zero-order valence-corrected chi connectivity index (χ0v) is 15.4. The molecule has 1 aliphatic heterocycles. The van der Waals surface area contributed by atoms with Gasteiger partial charge in [-0.1, -0.05) is 30.3 Å². The van der Waals surface area contributed by atoms with E-state index < -0.39 is 0 Å². The summed E-state index contributed by atoms with van der Waals surface area (Å²) < 4.78 is 19.3. The lowest BCUT2D eigenvalue weighted by Crippen LogP contribution is -2.35. The zero-order valence-electron chi connectivity index (χ0n) is 15.4. The number of H-pyrrole nitrogens is 1. The number of aromatic amines is 1. The van der Waals surface area contributed by atoms with Gasteiger partial charge in [-0.25, -0.2) is 4.39 Å². The van der Waals surface area contributed by atoms with Crippen molar-refractivity contribution in [1.82, 2.24) is 9.88 Å². The Kier molecular flexibility index (Phi) is 4.26. The number of furan rings is 1. The molecule has 0 amide bonds. The van der Waals surface area contributed by atoms with Gasteiger partial charge in [0.25, 0.3) is 0 Å². The Hall–Kier alpha value is -2.89. The van der Waals surface area contributed by atoms with E-state index in [2.05, 4.69) is 28.1 Å². The van der Waals surface area contributed by atoms with Crippen molar-refractivity contribution >= 4 is 10.9 Å². The Morgan fingerprint density at radius 1 is 1.04 bits per heavy atom. The lowest BCUT2D eigenvalue weighted by Gasteiger charge is -2.35. The minimum atomic E-state index is -0.235. The van der Waals surface area contributed by atoms with Crippen LogP contribution in [0.2, 0.25) is 0 Å². The second-order valence-electron chi connectivity index (χ2n) is 7.26. The minimum Gasteiger partial charge on any atom is -0.462 e. The highest BCUT2D eigenvalue weighted by Gasteiger charge is 2.32. The van der Waals surface area contributed by atoms with Gasteiger partial charge in [-0.3, -0.25) is 4.90 Å². The fraction of sp³-hybridized carbons (Fsp3) is 0.217. The number of nitrogens with one attached hydrogen (secondary N) is 1.